The van der Waals surface area contributed by atoms with Gasteiger partial charge in [-0.05, 0) is 24.6 Å². The first-order chi connectivity index (χ1) is 7.67. The maximum atomic E-state index is 12.8. The molecule has 0 saturated carbocycles. The first-order valence-corrected chi connectivity index (χ1v) is 6.25. The number of hydrogen-bond acceptors (Lipinski definition) is 2. The Bertz CT molecular complexity index is 302. The Hall–Kier alpha value is -0.450. The molecule has 0 amide bonds. The number of benzene rings is 1. The van der Waals surface area contributed by atoms with E-state index in [9.17, 15) is 4.39 Å². The standard InChI is InChI=1S/C12H16BrFO2/c1-9(8-15-2)16-12(7-13)10-3-5-11(14)6-4-10/h3-6,9,12H,7-8H2,1-2H3. The molecule has 0 spiro atoms. The van der Waals surface area contributed by atoms with Crippen molar-refractivity contribution in [2.75, 3.05) is 19.0 Å². The molecule has 0 aliphatic heterocycles. The number of rotatable bonds is 6. The van der Waals surface area contributed by atoms with Gasteiger partial charge in [0, 0.05) is 12.4 Å². The molecule has 1 aromatic carbocycles. The number of ether oxygens (including phenoxy) is 2. The van der Waals surface area contributed by atoms with E-state index >= 15 is 0 Å². The van der Waals surface area contributed by atoms with Crippen LogP contribution in [-0.2, 0) is 9.47 Å². The Kier molecular flexibility index (Phi) is 5.95. The highest BCUT2D eigenvalue weighted by molar-refractivity contribution is 9.09. The summed E-state index contributed by atoms with van der Waals surface area (Å²) in [7, 11) is 1.64. The molecule has 16 heavy (non-hydrogen) atoms. The Morgan fingerprint density at radius 2 is 1.94 bits per heavy atom. The van der Waals surface area contributed by atoms with Crippen LogP contribution in [0.25, 0.3) is 0 Å². The van der Waals surface area contributed by atoms with Gasteiger partial charge in [0.1, 0.15) is 5.82 Å². The fourth-order valence-corrected chi connectivity index (χ4v) is 1.96. The van der Waals surface area contributed by atoms with E-state index in [1.54, 1.807) is 19.2 Å². The fraction of sp³-hybridized carbons (Fsp3) is 0.500. The van der Waals surface area contributed by atoms with E-state index in [2.05, 4.69) is 15.9 Å². The molecule has 0 heterocycles. The van der Waals surface area contributed by atoms with Gasteiger partial charge in [0.2, 0.25) is 0 Å². The summed E-state index contributed by atoms with van der Waals surface area (Å²) in [6.07, 6.45) is -0.0663. The van der Waals surface area contributed by atoms with Crippen molar-refractivity contribution < 1.29 is 13.9 Å². The summed E-state index contributed by atoms with van der Waals surface area (Å²) < 4.78 is 23.5. The lowest BCUT2D eigenvalue weighted by atomic mass is 10.1. The van der Waals surface area contributed by atoms with E-state index in [1.807, 2.05) is 6.92 Å². The topological polar surface area (TPSA) is 18.5 Å². The zero-order valence-electron chi connectivity index (χ0n) is 9.45. The minimum atomic E-state index is -0.234. The smallest absolute Gasteiger partial charge is 0.123 e. The molecule has 0 bridgehead atoms. The second-order valence-corrected chi connectivity index (χ2v) is 4.24. The molecule has 2 unspecified atom stereocenters. The summed E-state index contributed by atoms with van der Waals surface area (Å²) in [6, 6.07) is 6.35. The van der Waals surface area contributed by atoms with Gasteiger partial charge in [-0.15, -0.1) is 0 Å². The largest absolute Gasteiger partial charge is 0.382 e. The van der Waals surface area contributed by atoms with Gasteiger partial charge in [0.25, 0.3) is 0 Å². The summed E-state index contributed by atoms with van der Waals surface area (Å²) in [5.41, 5.74) is 0.959. The van der Waals surface area contributed by atoms with Crippen LogP contribution in [0.4, 0.5) is 4.39 Å². The molecule has 0 aliphatic carbocycles. The summed E-state index contributed by atoms with van der Waals surface area (Å²) in [5, 5.41) is 0.673. The average Bonchev–Trinajstić information content (AvgIpc) is 2.27. The lowest BCUT2D eigenvalue weighted by Gasteiger charge is -2.20. The Balaban J connectivity index is 2.63. The molecular weight excluding hydrogens is 275 g/mol. The highest BCUT2D eigenvalue weighted by Gasteiger charge is 2.14. The number of hydrogen-bond donors (Lipinski definition) is 0. The van der Waals surface area contributed by atoms with Gasteiger partial charge in [0.15, 0.2) is 0 Å². The van der Waals surface area contributed by atoms with Gasteiger partial charge in [-0.3, -0.25) is 0 Å². The maximum absolute atomic E-state index is 12.8. The van der Waals surface area contributed by atoms with Gasteiger partial charge in [-0.1, -0.05) is 28.1 Å². The van der Waals surface area contributed by atoms with Crippen LogP contribution >= 0.6 is 15.9 Å². The summed E-state index contributed by atoms with van der Waals surface area (Å²) in [5.74, 6) is -0.234. The van der Waals surface area contributed by atoms with Crippen LogP contribution in [0.1, 0.15) is 18.6 Å². The van der Waals surface area contributed by atoms with Gasteiger partial charge >= 0.3 is 0 Å². The van der Waals surface area contributed by atoms with Crippen molar-refractivity contribution >= 4 is 15.9 Å². The predicted molar refractivity (Wildman–Crippen MR) is 65.4 cm³/mol. The second-order valence-electron chi connectivity index (χ2n) is 3.60. The molecule has 0 fully saturated rings. The van der Waals surface area contributed by atoms with E-state index in [0.717, 1.165) is 5.56 Å². The summed E-state index contributed by atoms with van der Waals surface area (Å²) in [6.45, 7) is 2.49. The van der Waals surface area contributed by atoms with E-state index in [0.29, 0.717) is 11.9 Å². The van der Waals surface area contributed by atoms with Crippen LogP contribution in [-0.4, -0.2) is 25.2 Å². The third-order valence-corrected chi connectivity index (χ3v) is 2.77. The van der Waals surface area contributed by atoms with Crippen molar-refractivity contribution in [3.63, 3.8) is 0 Å². The Morgan fingerprint density at radius 3 is 2.44 bits per heavy atom. The predicted octanol–water partition coefficient (Wildman–Crippen LogP) is 3.31. The molecule has 4 heteroatoms. The van der Waals surface area contributed by atoms with Crippen LogP contribution < -0.4 is 0 Å². The number of halogens is 2. The molecule has 0 saturated heterocycles. The third kappa shape index (κ3) is 4.20. The van der Waals surface area contributed by atoms with Gasteiger partial charge in [-0.25, -0.2) is 4.39 Å². The van der Waals surface area contributed by atoms with Crippen molar-refractivity contribution in [1.29, 1.82) is 0 Å². The molecule has 1 rings (SSSR count). The van der Waals surface area contributed by atoms with Crippen LogP contribution in [0, 0.1) is 5.82 Å². The molecule has 0 N–H and O–H groups in total. The first-order valence-electron chi connectivity index (χ1n) is 5.13. The normalized spacial score (nSPS) is 14.8. The molecule has 0 aliphatic rings. The van der Waals surface area contributed by atoms with Crippen molar-refractivity contribution in [3.05, 3.63) is 35.6 Å². The highest BCUT2D eigenvalue weighted by Crippen LogP contribution is 2.21. The van der Waals surface area contributed by atoms with E-state index < -0.39 is 0 Å². The van der Waals surface area contributed by atoms with Gasteiger partial charge in [0.05, 0.1) is 18.8 Å². The lowest BCUT2D eigenvalue weighted by molar-refractivity contribution is -0.0298. The van der Waals surface area contributed by atoms with Crippen molar-refractivity contribution in [2.45, 2.75) is 19.1 Å². The zero-order valence-corrected chi connectivity index (χ0v) is 11.0. The molecule has 2 nitrogen and oxygen atoms in total. The number of methoxy groups -OCH3 is 1. The Morgan fingerprint density at radius 1 is 1.31 bits per heavy atom. The SMILES string of the molecule is COCC(C)OC(CBr)c1ccc(F)cc1. The highest BCUT2D eigenvalue weighted by atomic mass is 79.9. The van der Waals surface area contributed by atoms with Gasteiger partial charge < -0.3 is 9.47 Å². The molecule has 1 aromatic rings. The maximum Gasteiger partial charge on any atom is 0.123 e. The molecule has 2 atom stereocenters. The molecule has 0 radical (unpaired) electrons. The minimum absolute atomic E-state index is 0.0117. The summed E-state index contributed by atoms with van der Waals surface area (Å²) in [4.78, 5) is 0. The van der Waals surface area contributed by atoms with Crippen LogP contribution in [0.2, 0.25) is 0 Å². The Labute approximate surface area is 104 Å². The van der Waals surface area contributed by atoms with Crippen molar-refractivity contribution in [1.82, 2.24) is 0 Å². The number of alkyl halides is 1. The lowest BCUT2D eigenvalue weighted by Crippen LogP contribution is -2.19. The van der Waals surface area contributed by atoms with Crippen LogP contribution in [0.15, 0.2) is 24.3 Å². The monoisotopic (exact) mass is 290 g/mol. The van der Waals surface area contributed by atoms with Crippen LogP contribution in [0.5, 0.6) is 0 Å². The van der Waals surface area contributed by atoms with E-state index in [-0.39, 0.29) is 18.0 Å². The summed E-state index contributed by atoms with van der Waals surface area (Å²) >= 11 is 3.39. The average molecular weight is 291 g/mol. The van der Waals surface area contributed by atoms with E-state index in [4.69, 9.17) is 9.47 Å². The fourth-order valence-electron chi connectivity index (χ4n) is 1.44. The molecule has 0 aromatic heterocycles. The van der Waals surface area contributed by atoms with Crippen LogP contribution in [0.3, 0.4) is 0 Å². The van der Waals surface area contributed by atoms with Crippen molar-refractivity contribution in [2.24, 2.45) is 0 Å². The zero-order chi connectivity index (χ0) is 12.0. The third-order valence-electron chi connectivity index (χ3n) is 2.18. The van der Waals surface area contributed by atoms with Crippen molar-refractivity contribution in [3.8, 4) is 0 Å². The molecular formula is C12H16BrFO2. The quantitative estimate of drug-likeness (QED) is 0.749. The first kappa shape index (κ1) is 13.6. The van der Waals surface area contributed by atoms with Gasteiger partial charge in [-0.2, -0.15) is 0 Å². The minimum Gasteiger partial charge on any atom is -0.382 e. The molecule has 90 valence electrons. The van der Waals surface area contributed by atoms with E-state index in [1.165, 1.54) is 12.1 Å². The second kappa shape index (κ2) is 6.99.